The normalized spacial score (nSPS) is 11.1. The Labute approximate surface area is 248 Å². The minimum Gasteiger partial charge on any atom is -0.491 e. The van der Waals surface area contributed by atoms with Crippen molar-refractivity contribution in [1.29, 1.82) is 0 Å². The highest BCUT2D eigenvalue weighted by Gasteiger charge is 2.09. The summed E-state index contributed by atoms with van der Waals surface area (Å²) < 4.78 is 26.5. The van der Waals surface area contributed by atoms with Crippen molar-refractivity contribution in [2.24, 2.45) is 5.92 Å². The van der Waals surface area contributed by atoms with Crippen LogP contribution in [0.2, 0.25) is 0 Å². The van der Waals surface area contributed by atoms with Crippen LogP contribution in [0.15, 0.2) is 91.5 Å². The molecule has 0 amide bonds. The van der Waals surface area contributed by atoms with Crippen molar-refractivity contribution in [2.75, 3.05) is 52.9 Å². The van der Waals surface area contributed by atoms with Crippen LogP contribution in [0.4, 0.5) is 0 Å². The van der Waals surface area contributed by atoms with Gasteiger partial charge in [0.25, 0.3) is 0 Å². The lowest BCUT2D eigenvalue weighted by Gasteiger charge is -2.10. The fourth-order valence-corrected chi connectivity index (χ4v) is 3.37. The zero-order valence-corrected chi connectivity index (χ0v) is 24.5. The van der Waals surface area contributed by atoms with Gasteiger partial charge in [0.2, 0.25) is 0 Å². The van der Waals surface area contributed by atoms with Gasteiger partial charge in [-0.1, -0.05) is 68.8 Å². The Kier molecular flexibility index (Phi) is 17.0. The van der Waals surface area contributed by atoms with E-state index in [4.69, 9.17) is 28.8 Å². The molecular weight excluding hydrogens is 536 g/mol. The smallest absolute Gasteiger partial charge is 0.338 e. The summed E-state index contributed by atoms with van der Waals surface area (Å²) in [4.78, 5) is 22.6. The standard InChI is InChI=1S/C18H20O2.C16H22O6/c1-3-14(2)13-20-18(19)17-11-9-16(10-12-17)15-7-5-4-6-8-15;1-2-7-19-8-9-20-10-11-21-12-13-22-15-5-3-14(4-6-15)16(17)18/h4-12,14H,3,13H2,1-2H3;2-6H,1,7-13H2,(H,17,18). The fourth-order valence-electron chi connectivity index (χ4n) is 3.37. The summed E-state index contributed by atoms with van der Waals surface area (Å²) in [5.74, 6) is -0.179. The van der Waals surface area contributed by atoms with Gasteiger partial charge in [0.15, 0.2) is 0 Å². The first kappa shape index (κ1) is 34.2. The van der Waals surface area contributed by atoms with Crippen LogP contribution in [0.5, 0.6) is 5.75 Å². The summed E-state index contributed by atoms with van der Waals surface area (Å²) in [6.45, 7) is 11.6. The molecule has 0 spiro atoms. The van der Waals surface area contributed by atoms with E-state index in [1.807, 2.05) is 42.5 Å². The van der Waals surface area contributed by atoms with Gasteiger partial charge in [0.05, 0.1) is 57.4 Å². The number of ether oxygens (including phenoxy) is 5. The molecule has 0 fully saturated rings. The third-order valence-electron chi connectivity index (χ3n) is 6.00. The van der Waals surface area contributed by atoms with Gasteiger partial charge in [0.1, 0.15) is 12.4 Å². The average Bonchev–Trinajstić information content (AvgIpc) is 3.03. The van der Waals surface area contributed by atoms with Crippen molar-refractivity contribution in [3.63, 3.8) is 0 Å². The zero-order chi connectivity index (χ0) is 30.4. The minimum atomic E-state index is -0.954. The summed E-state index contributed by atoms with van der Waals surface area (Å²) in [6, 6.07) is 23.9. The van der Waals surface area contributed by atoms with Crippen molar-refractivity contribution in [3.05, 3.63) is 103 Å². The minimum absolute atomic E-state index is 0.234. The molecule has 0 saturated carbocycles. The van der Waals surface area contributed by atoms with Gasteiger partial charge in [0, 0.05) is 0 Å². The van der Waals surface area contributed by atoms with Crippen molar-refractivity contribution in [1.82, 2.24) is 0 Å². The van der Waals surface area contributed by atoms with Crippen LogP contribution < -0.4 is 4.74 Å². The molecule has 0 bridgehead atoms. The van der Waals surface area contributed by atoms with Crippen molar-refractivity contribution in [2.45, 2.75) is 20.3 Å². The maximum Gasteiger partial charge on any atom is 0.338 e. The lowest BCUT2D eigenvalue weighted by molar-refractivity contribution is 0.0135. The average molecular weight is 579 g/mol. The van der Waals surface area contributed by atoms with E-state index in [0.29, 0.717) is 70.1 Å². The van der Waals surface area contributed by atoms with E-state index in [0.717, 1.165) is 17.5 Å². The molecule has 0 saturated heterocycles. The van der Waals surface area contributed by atoms with Crippen molar-refractivity contribution in [3.8, 4) is 16.9 Å². The quantitative estimate of drug-likeness (QED) is 0.103. The van der Waals surface area contributed by atoms with E-state index in [1.54, 1.807) is 18.2 Å². The largest absolute Gasteiger partial charge is 0.491 e. The van der Waals surface area contributed by atoms with Gasteiger partial charge >= 0.3 is 11.9 Å². The molecule has 0 aliphatic heterocycles. The molecule has 0 heterocycles. The van der Waals surface area contributed by atoms with Crippen molar-refractivity contribution >= 4 is 11.9 Å². The second-order valence-corrected chi connectivity index (χ2v) is 9.32. The first-order valence-corrected chi connectivity index (χ1v) is 14.1. The van der Waals surface area contributed by atoms with Crippen LogP contribution in [0.3, 0.4) is 0 Å². The number of esters is 1. The summed E-state index contributed by atoms with van der Waals surface area (Å²) in [6.07, 6.45) is 2.71. The van der Waals surface area contributed by atoms with E-state index >= 15 is 0 Å². The number of benzene rings is 3. The molecule has 0 aromatic heterocycles. The van der Waals surface area contributed by atoms with Gasteiger partial charge in [-0.3, -0.25) is 0 Å². The molecule has 8 nitrogen and oxygen atoms in total. The second kappa shape index (κ2) is 20.8. The van der Waals surface area contributed by atoms with Gasteiger partial charge in [-0.05, 0) is 53.4 Å². The molecule has 8 heteroatoms. The first-order chi connectivity index (χ1) is 20.4. The Morgan fingerprint density at radius 2 is 1.31 bits per heavy atom. The summed E-state index contributed by atoms with van der Waals surface area (Å²) in [5.41, 5.74) is 3.09. The molecule has 1 unspecified atom stereocenters. The third kappa shape index (κ3) is 14.1. The molecule has 0 aliphatic carbocycles. The monoisotopic (exact) mass is 578 g/mol. The van der Waals surface area contributed by atoms with Crippen LogP contribution in [0.25, 0.3) is 11.1 Å². The Morgan fingerprint density at radius 3 is 1.88 bits per heavy atom. The fraction of sp³-hybridized carbons (Fsp3) is 0.353. The highest BCUT2D eigenvalue weighted by atomic mass is 16.6. The molecule has 42 heavy (non-hydrogen) atoms. The van der Waals surface area contributed by atoms with E-state index in [9.17, 15) is 9.59 Å². The van der Waals surface area contributed by atoms with Crippen molar-refractivity contribution < 1.29 is 38.4 Å². The maximum atomic E-state index is 11.9. The first-order valence-electron chi connectivity index (χ1n) is 14.1. The number of carbonyl (C=O) groups excluding carboxylic acids is 1. The molecular formula is C34H42O8. The van der Waals surface area contributed by atoms with E-state index in [-0.39, 0.29) is 11.5 Å². The summed E-state index contributed by atoms with van der Waals surface area (Å²) in [5, 5.41) is 8.77. The van der Waals surface area contributed by atoms with Crippen LogP contribution in [0.1, 0.15) is 41.0 Å². The molecule has 0 aliphatic rings. The number of rotatable bonds is 18. The molecule has 3 aromatic carbocycles. The van der Waals surface area contributed by atoms with Gasteiger partial charge < -0.3 is 28.8 Å². The lowest BCUT2D eigenvalue weighted by atomic mass is 10.0. The number of carboxylic acid groups (broad SMARTS) is 1. The number of hydrogen-bond acceptors (Lipinski definition) is 7. The molecule has 3 rings (SSSR count). The number of carbonyl (C=O) groups is 2. The molecule has 226 valence electrons. The summed E-state index contributed by atoms with van der Waals surface area (Å²) >= 11 is 0. The SMILES string of the molecule is C=CCOCCOCCOCCOc1ccc(C(=O)O)cc1.CCC(C)COC(=O)c1ccc(-c2ccccc2)cc1. The second-order valence-electron chi connectivity index (χ2n) is 9.32. The van der Waals surface area contributed by atoms with Gasteiger partial charge in [-0.2, -0.15) is 0 Å². The Hall–Kier alpha value is -3.98. The highest BCUT2D eigenvalue weighted by Crippen LogP contribution is 2.19. The van der Waals surface area contributed by atoms with E-state index in [2.05, 4.69) is 32.6 Å². The molecule has 1 atom stereocenters. The molecule has 3 aromatic rings. The predicted molar refractivity (Wildman–Crippen MR) is 163 cm³/mol. The van der Waals surface area contributed by atoms with Gasteiger partial charge in [-0.15, -0.1) is 6.58 Å². The number of hydrogen-bond donors (Lipinski definition) is 1. The Morgan fingerprint density at radius 1 is 0.762 bits per heavy atom. The summed E-state index contributed by atoms with van der Waals surface area (Å²) in [7, 11) is 0. The van der Waals surface area contributed by atoms with E-state index < -0.39 is 5.97 Å². The number of carboxylic acids is 1. The Bertz CT molecular complexity index is 1160. The Balaban J connectivity index is 0.000000294. The zero-order valence-electron chi connectivity index (χ0n) is 24.5. The molecule has 1 N–H and O–H groups in total. The topological polar surface area (TPSA) is 101 Å². The van der Waals surface area contributed by atoms with Crippen LogP contribution in [0, 0.1) is 5.92 Å². The van der Waals surface area contributed by atoms with Crippen LogP contribution >= 0.6 is 0 Å². The maximum absolute atomic E-state index is 11.9. The lowest BCUT2D eigenvalue weighted by Crippen LogP contribution is -2.12. The van der Waals surface area contributed by atoms with Crippen LogP contribution in [-0.2, 0) is 18.9 Å². The van der Waals surface area contributed by atoms with E-state index in [1.165, 1.54) is 12.1 Å². The number of aromatic carboxylic acids is 1. The third-order valence-corrected chi connectivity index (χ3v) is 6.00. The highest BCUT2D eigenvalue weighted by molar-refractivity contribution is 5.90. The molecule has 0 radical (unpaired) electrons. The van der Waals surface area contributed by atoms with Gasteiger partial charge in [-0.25, -0.2) is 9.59 Å². The predicted octanol–water partition coefficient (Wildman–Crippen LogP) is 6.56. The van der Waals surface area contributed by atoms with Crippen LogP contribution in [-0.4, -0.2) is 69.9 Å².